The number of nitrogens with zero attached hydrogens (tertiary/aromatic N) is 2. The Hall–Kier alpha value is -0.650. The first-order valence-electron chi connectivity index (χ1n) is 8.06. The average molecular weight is 301 g/mol. The van der Waals surface area contributed by atoms with E-state index in [0.717, 1.165) is 32.6 Å². The maximum atomic E-state index is 11.5. The van der Waals surface area contributed by atoms with Crippen LogP contribution in [0.3, 0.4) is 0 Å². The Morgan fingerprint density at radius 2 is 1.86 bits per heavy atom. The average Bonchev–Trinajstić information content (AvgIpc) is 2.40. The molecule has 0 saturated heterocycles. The van der Waals surface area contributed by atoms with Crippen molar-refractivity contribution in [2.75, 3.05) is 47.3 Å². The largest absolute Gasteiger partial charge is 0.480 e. The van der Waals surface area contributed by atoms with Crippen molar-refractivity contribution in [3.8, 4) is 0 Å². The van der Waals surface area contributed by atoms with Crippen molar-refractivity contribution in [1.29, 1.82) is 0 Å². The highest BCUT2D eigenvalue weighted by atomic mass is 16.4. The van der Waals surface area contributed by atoms with E-state index in [1.165, 1.54) is 0 Å². The third-order valence-electron chi connectivity index (χ3n) is 4.06. The monoisotopic (exact) mass is 301 g/mol. The summed E-state index contributed by atoms with van der Waals surface area (Å²) in [5.74, 6) is -0.108. The molecule has 0 heterocycles. The van der Waals surface area contributed by atoms with E-state index in [0.29, 0.717) is 18.8 Å². The van der Waals surface area contributed by atoms with Gasteiger partial charge in [0.2, 0.25) is 0 Å². The fraction of sp³-hybridized carbons (Fsp3) is 0.938. The Morgan fingerprint density at radius 1 is 1.24 bits per heavy atom. The van der Waals surface area contributed by atoms with Crippen LogP contribution in [0.5, 0.6) is 0 Å². The van der Waals surface area contributed by atoms with Crippen LogP contribution >= 0.6 is 0 Å². The molecule has 5 nitrogen and oxygen atoms in total. The summed E-state index contributed by atoms with van der Waals surface area (Å²) in [6.45, 7) is 10.5. The predicted molar refractivity (Wildman–Crippen MR) is 88.8 cm³/mol. The zero-order chi connectivity index (χ0) is 16.5. The highest BCUT2D eigenvalue weighted by Gasteiger charge is 2.34. The lowest BCUT2D eigenvalue weighted by Gasteiger charge is -2.30. The van der Waals surface area contributed by atoms with E-state index < -0.39 is 11.5 Å². The number of likely N-dealkylation sites (N-methyl/N-ethyl adjacent to an activating group) is 2. The molecule has 0 aromatic heterocycles. The molecule has 1 unspecified atom stereocenters. The van der Waals surface area contributed by atoms with Gasteiger partial charge in [-0.25, -0.2) is 0 Å². The second kappa shape index (κ2) is 10.1. The highest BCUT2D eigenvalue weighted by molar-refractivity contribution is 5.78. The van der Waals surface area contributed by atoms with Gasteiger partial charge in [0.05, 0.1) is 0 Å². The van der Waals surface area contributed by atoms with Gasteiger partial charge in [0, 0.05) is 19.6 Å². The number of rotatable bonds is 12. The smallest absolute Gasteiger partial charge is 0.323 e. The van der Waals surface area contributed by atoms with Crippen LogP contribution in [0.2, 0.25) is 0 Å². The molecule has 0 amide bonds. The Labute approximate surface area is 130 Å². The maximum Gasteiger partial charge on any atom is 0.323 e. The first kappa shape index (κ1) is 20.3. The number of carbonyl (C=O) groups is 1. The molecule has 0 aliphatic heterocycles. The lowest BCUT2D eigenvalue weighted by Crippen LogP contribution is -2.50. The molecule has 0 fully saturated rings. The summed E-state index contributed by atoms with van der Waals surface area (Å²) >= 11 is 0. The van der Waals surface area contributed by atoms with Crippen LogP contribution < -0.4 is 5.32 Å². The van der Waals surface area contributed by atoms with Gasteiger partial charge in [-0.2, -0.15) is 0 Å². The summed E-state index contributed by atoms with van der Waals surface area (Å²) in [4.78, 5) is 16.1. The second-order valence-corrected chi connectivity index (χ2v) is 6.59. The Balaban J connectivity index is 4.42. The molecule has 0 radical (unpaired) electrons. The standard InChI is InChI=1S/C16H35N3O2/c1-7-16(17-4,15(20)21)9-8-10-19(13-14(2)3)12-11-18(5)6/h14,17H,7-13H2,1-6H3,(H,20,21). The van der Waals surface area contributed by atoms with E-state index in [1.54, 1.807) is 7.05 Å². The molecule has 0 aromatic rings. The first-order valence-corrected chi connectivity index (χ1v) is 8.06. The highest BCUT2D eigenvalue weighted by Crippen LogP contribution is 2.18. The second-order valence-electron chi connectivity index (χ2n) is 6.59. The number of carboxylic acids is 1. The molecule has 0 rings (SSSR count). The van der Waals surface area contributed by atoms with E-state index in [4.69, 9.17) is 0 Å². The summed E-state index contributed by atoms with van der Waals surface area (Å²) in [6.07, 6.45) is 2.19. The topological polar surface area (TPSA) is 55.8 Å². The third-order valence-corrected chi connectivity index (χ3v) is 4.06. The zero-order valence-corrected chi connectivity index (χ0v) is 14.8. The van der Waals surface area contributed by atoms with Crippen LogP contribution in [0.4, 0.5) is 0 Å². The van der Waals surface area contributed by atoms with Crippen LogP contribution in [0.15, 0.2) is 0 Å². The number of carboxylic acid groups (broad SMARTS) is 1. The molecular weight excluding hydrogens is 266 g/mol. The van der Waals surface area contributed by atoms with E-state index in [1.807, 2.05) is 6.92 Å². The first-order chi connectivity index (χ1) is 9.77. The van der Waals surface area contributed by atoms with Gasteiger partial charge in [-0.15, -0.1) is 0 Å². The normalized spacial score (nSPS) is 14.9. The van der Waals surface area contributed by atoms with Gasteiger partial charge in [-0.3, -0.25) is 4.79 Å². The van der Waals surface area contributed by atoms with E-state index >= 15 is 0 Å². The van der Waals surface area contributed by atoms with Crippen molar-refractivity contribution in [2.24, 2.45) is 5.92 Å². The summed E-state index contributed by atoms with van der Waals surface area (Å²) in [5, 5.41) is 12.4. The zero-order valence-electron chi connectivity index (χ0n) is 14.8. The van der Waals surface area contributed by atoms with Crippen LogP contribution in [-0.2, 0) is 4.79 Å². The van der Waals surface area contributed by atoms with Gasteiger partial charge in [-0.05, 0) is 52.9 Å². The SMILES string of the molecule is CCC(CCCN(CCN(C)C)CC(C)C)(NC)C(=O)O. The molecule has 5 heteroatoms. The van der Waals surface area contributed by atoms with Gasteiger partial charge in [0.1, 0.15) is 5.54 Å². The fourth-order valence-corrected chi connectivity index (χ4v) is 2.60. The van der Waals surface area contributed by atoms with Gasteiger partial charge in [-0.1, -0.05) is 20.8 Å². The van der Waals surface area contributed by atoms with Gasteiger partial charge >= 0.3 is 5.97 Å². The molecule has 0 aromatic carbocycles. The van der Waals surface area contributed by atoms with Gasteiger partial charge in [0.15, 0.2) is 0 Å². The molecule has 0 bridgehead atoms. The minimum atomic E-state index is -0.773. The van der Waals surface area contributed by atoms with Gasteiger partial charge < -0.3 is 20.2 Å². The number of hydrogen-bond acceptors (Lipinski definition) is 4. The molecule has 0 saturated carbocycles. The molecule has 0 aliphatic rings. The maximum absolute atomic E-state index is 11.5. The molecule has 0 spiro atoms. The van der Waals surface area contributed by atoms with Crippen molar-refractivity contribution in [3.63, 3.8) is 0 Å². The van der Waals surface area contributed by atoms with E-state index in [9.17, 15) is 9.90 Å². The molecule has 126 valence electrons. The van der Waals surface area contributed by atoms with Crippen molar-refractivity contribution >= 4 is 5.97 Å². The van der Waals surface area contributed by atoms with Crippen LogP contribution in [0.25, 0.3) is 0 Å². The number of aliphatic carboxylic acids is 1. The van der Waals surface area contributed by atoms with E-state index in [2.05, 4.69) is 43.1 Å². The van der Waals surface area contributed by atoms with E-state index in [-0.39, 0.29) is 0 Å². The minimum Gasteiger partial charge on any atom is -0.480 e. The molecule has 0 aliphatic carbocycles. The molecule has 1 atom stereocenters. The predicted octanol–water partition coefficient (Wildman–Crippen LogP) is 1.74. The summed E-state index contributed by atoms with van der Waals surface area (Å²) < 4.78 is 0. The Morgan fingerprint density at radius 3 is 2.24 bits per heavy atom. The molecular formula is C16H35N3O2. The van der Waals surface area contributed by atoms with Crippen molar-refractivity contribution in [3.05, 3.63) is 0 Å². The summed E-state index contributed by atoms with van der Waals surface area (Å²) in [5.41, 5.74) is -0.773. The van der Waals surface area contributed by atoms with Crippen molar-refractivity contribution in [2.45, 2.75) is 45.6 Å². The minimum absolute atomic E-state index is 0.612. The van der Waals surface area contributed by atoms with Gasteiger partial charge in [0.25, 0.3) is 0 Å². The quantitative estimate of drug-likeness (QED) is 0.575. The Bertz CT molecular complexity index is 289. The van der Waals surface area contributed by atoms with Crippen LogP contribution in [0.1, 0.15) is 40.0 Å². The lowest BCUT2D eigenvalue weighted by molar-refractivity contribution is -0.145. The van der Waals surface area contributed by atoms with Crippen molar-refractivity contribution in [1.82, 2.24) is 15.1 Å². The summed E-state index contributed by atoms with van der Waals surface area (Å²) in [6, 6.07) is 0. The third kappa shape index (κ3) is 7.79. The molecule has 21 heavy (non-hydrogen) atoms. The van der Waals surface area contributed by atoms with Crippen LogP contribution in [-0.4, -0.2) is 73.7 Å². The summed E-state index contributed by atoms with van der Waals surface area (Å²) in [7, 11) is 5.91. The lowest BCUT2D eigenvalue weighted by atomic mass is 9.90. The Kier molecular flexibility index (Phi) is 9.83. The molecule has 2 N–H and O–H groups in total. The number of hydrogen-bond donors (Lipinski definition) is 2. The van der Waals surface area contributed by atoms with Crippen LogP contribution in [0, 0.1) is 5.92 Å². The van der Waals surface area contributed by atoms with Crippen molar-refractivity contribution < 1.29 is 9.90 Å². The number of nitrogens with one attached hydrogen (secondary N) is 1. The fourth-order valence-electron chi connectivity index (χ4n) is 2.60.